The van der Waals surface area contributed by atoms with E-state index in [1.807, 2.05) is 61.5 Å². The molecule has 0 amide bonds. The third kappa shape index (κ3) is 4.38. The minimum Gasteiger partial charge on any atom is -0.457 e. The van der Waals surface area contributed by atoms with Crippen LogP contribution in [-0.4, -0.2) is 28.0 Å². The van der Waals surface area contributed by atoms with E-state index >= 15 is 0 Å². The molecule has 0 unspecified atom stereocenters. The van der Waals surface area contributed by atoms with Gasteiger partial charge in [-0.1, -0.05) is 30.3 Å². The smallest absolute Gasteiger partial charge is 0.265 e. The van der Waals surface area contributed by atoms with Crippen molar-refractivity contribution in [1.29, 1.82) is 0 Å². The summed E-state index contributed by atoms with van der Waals surface area (Å²) in [7, 11) is -2.07. The highest BCUT2D eigenvalue weighted by molar-refractivity contribution is 7.92. The first-order valence-corrected chi connectivity index (χ1v) is 11.6. The van der Waals surface area contributed by atoms with E-state index in [-0.39, 0.29) is 4.90 Å². The maximum atomic E-state index is 12.9. The fraction of sp³-hybridized carbons (Fsp3) is 0.217. The van der Waals surface area contributed by atoms with E-state index in [1.54, 1.807) is 25.6 Å². The van der Waals surface area contributed by atoms with E-state index < -0.39 is 10.0 Å². The fourth-order valence-electron chi connectivity index (χ4n) is 3.44. The summed E-state index contributed by atoms with van der Waals surface area (Å²) in [5, 5.41) is 8.59. The number of ether oxygens (including phenoxy) is 1. The maximum absolute atomic E-state index is 12.9. The Morgan fingerprint density at radius 1 is 0.969 bits per heavy atom. The van der Waals surface area contributed by atoms with Gasteiger partial charge in [0.05, 0.1) is 35.5 Å². The summed E-state index contributed by atoms with van der Waals surface area (Å²) in [5.41, 5.74) is 3.35. The lowest BCUT2D eigenvalue weighted by atomic mass is 10.2. The molecule has 0 aliphatic rings. The van der Waals surface area contributed by atoms with E-state index in [4.69, 9.17) is 4.74 Å². The van der Waals surface area contributed by atoms with Crippen LogP contribution in [0.5, 0.6) is 11.5 Å². The largest absolute Gasteiger partial charge is 0.457 e. The second kappa shape index (κ2) is 8.51. The number of para-hydroxylation sites is 1. The van der Waals surface area contributed by atoms with E-state index in [0.29, 0.717) is 23.6 Å². The number of benzene rings is 2. The number of hydrogen-bond donors (Lipinski definition) is 1. The highest BCUT2D eigenvalue weighted by Crippen LogP contribution is 2.26. The summed E-state index contributed by atoms with van der Waals surface area (Å²) in [6.45, 7) is 5.83. The van der Waals surface area contributed by atoms with Gasteiger partial charge in [-0.05, 0) is 50.6 Å². The van der Waals surface area contributed by atoms with Gasteiger partial charge in [0, 0.05) is 7.05 Å². The zero-order valence-corrected chi connectivity index (χ0v) is 19.2. The predicted octanol–water partition coefficient (Wildman–Crippen LogP) is 4.18. The molecular formula is C23H25N5O3S. The molecule has 0 bridgehead atoms. The lowest BCUT2D eigenvalue weighted by molar-refractivity contribution is 0.481. The summed E-state index contributed by atoms with van der Waals surface area (Å²) < 4.78 is 37.7. The van der Waals surface area contributed by atoms with Crippen LogP contribution in [0, 0.1) is 20.8 Å². The van der Waals surface area contributed by atoms with Crippen LogP contribution in [0.15, 0.2) is 65.7 Å². The molecule has 9 heteroatoms. The average Bonchev–Trinajstić information content (AvgIpc) is 3.23. The minimum atomic E-state index is -3.78. The van der Waals surface area contributed by atoms with Crippen molar-refractivity contribution < 1.29 is 13.2 Å². The van der Waals surface area contributed by atoms with Gasteiger partial charge >= 0.3 is 0 Å². The molecule has 0 aliphatic heterocycles. The van der Waals surface area contributed by atoms with Crippen molar-refractivity contribution in [3.8, 4) is 11.5 Å². The predicted molar refractivity (Wildman–Crippen MR) is 123 cm³/mol. The molecular weight excluding hydrogens is 426 g/mol. The molecule has 2 heterocycles. The van der Waals surface area contributed by atoms with Crippen LogP contribution in [0.25, 0.3) is 0 Å². The zero-order chi connectivity index (χ0) is 22.9. The SMILES string of the molecule is Cc1nn(Cc2cccc(Oc3ccccc3)c2)c(C)c1NS(=O)(=O)c1cnn(C)c1C. The summed E-state index contributed by atoms with van der Waals surface area (Å²) in [6.07, 6.45) is 1.35. The first-order valence-electron chi connectivity index (χ1n) is 10.1. The van der Waals surface area contributed by atoms with E-state index in [2.05, 4.69) is 14.9 Å². The Morgan fingerprint density at radius 2 is 1.69 bits per heavy atom. The first kappa shape index (κ1) is 21.6. The lowest BCUT2D eigenvalue weighted by Gasteiger charge is -2.10. The topological polar surface area (TPSA) is 91.0 Å². The maximum Gasteiger partial charge on any atom is 0.265 e. The number of aryl methyl sites for hydroxylation is 2. The van der Waals surface area contributed by atoms with Gasteiger partial charge in [-0.15, -0.1) is 0 Å². The second-order valence-corrected chi connectivity index (χ2v) is 9.24. The normalized spacial score (nSPS) is 11.5. The third-order valence-corrected chi connectivity index (χ3v) is 6.76. The molecule has 0 radical (unpaired) electrons. The summed E-state index contributed by atoms with van der Waals surface area (Å²) in [4.78, 5) is 0.150. The Bertz CT molecular complexity index is 1360. The van der Waals surface area contributed by atoms with Crippen LogP contribution in [0.4, 0.5) is 5.69 Å². The van der Waals surface area contributed by atoms with Crippen molar-refractivity contribution in [2.45, 2.75) is 32.2 Å². The molecule has 8 nitrogen and oxygen atoms in total. The molecule has 32 heavy (non-hydrogen) atoms. The van der Waals surface area contributed by atoms with Crippen molar-refractivity contribution >= 4 is 15.7 Å². The molecule has 2 aromatic heterocycles. The van der Waals surface area contributed by atoms with Gasteiger partial charge in [0.2, 0.25) is 0 Å². The number of rotatable bonds is 7. The molecule has 0 fully saturated rings. The highest BCUT2D eigenvalue weighted by Gasteiger charge is 2.23. The van der Waals surface area contributed by atoms with Crippen LogP contribution in [0.3, 0.4) is 0 Å². The number of hydrogen-bond acceptors (Lipinski definition) is 5. The molecule has 0 saturated carbocycles. The monoisotopic (exact) mass is 451 g/mol. The van der Waals surface area contributed by atoms with Gasteiger partial charge < -0.3 is 4.74 Å². The second-order valence-electron chi connectivity index (χ2n) is 7.59. The van der Waals surface area contributed by atoms with E-state index in [1.165, 1.54) is 10.9 Å². The molecule has 0 spiro atoms. The van der Waals surface area contributed by atoms with E-state index in [0.717, 1.165) is 22.8 Å². The summed E-state index contributed by atoms with van der Waals surface area (Å²) >= 11 is 0. The molecule has 0 saturated heterocycles. The molecule has 4 rings (SSSR count). The lowest BCUT2D eigenvalue weighted by Crippen LogP contribution is -2.15. The fourth-order valence-corrected chi connectivity index (χ4v) is 4.82. The number of aromatic nitrogens is 4. The van der Waals surface area contributed by atoms with Crippen molar-refractivity contribution in [2.24, 2.45) is 7.05 Å². The average molecular weight is 452 g/mol. The minimum absolute atomic E-state index is 0.150. The van der Waals surface area contributed by atoms with Crippen molar-refractivity contribution in [2.75, 3.05) is 4.72 Å². The van der Waals surface area contributed by atoms with E-state index in [9.17, 15) is 8.42 Å². The van der Waals surface area contributed by atoms with Crippen molar-refractivity contribution in [3.63, 3.8) is 0 Å². The molecule has 0 atom stereocenters. The summed E-state index contributed by atoms with van der Waals surface area (Å²) in [5.74, 6) is 1.49. The van der Waals surface area contributed by atoms with Crippen LogP contribution < -0.4 is 9.46 Å². The van der Waals surface area contributed by atoms with Gasteiger partial charge in [-0.2, -0.15) is 10.2 Å². The highest BCUT2D eigenvalue weighted by atomic mass is 32.2. The van der Waals surface area contributed by atoms with Gasteiger partial charge in [0.25, 0.3) is 10.0 Å². The number of sulfonamides is 1. The first-order chi connectivity index (χ1) is 15.2. The third-order valence-electron chi connectivity index (χ3n) is 5.31. The Labute approximate surface area is 187 Å². The van der Waals surface area contributed by atoms with Gasteiger partial charge in [0.15, 0.2) is 0 Å². The Balaban J connectivity index is 1.56. The molecule has 166 valence electrons. The van der Waals surface area contributed by atoms with Crippen LogP contribution >= 0.6 is 0 Å². The Kier molecular flexibility index (Phi) is 5.75. The number of anilines is 1. The standard InChI is InChI=1S/C23H25N5O3S/c1-16-23(26-32(29,30)22-14-24-27(4)17(22)2)18(3)28(25-16)15-19-9-8-12-21(13-19)31-20-10-6-5-7-11-20/h5-14,26H,15H2,1-4H3. The quantitative estimate of drug-likeness (QED) is 0.455. The van der Waals surface area contributed by atoms with Gasteiger partial charge in [0.1, 0.15) is 16.4 Å². The van der Waals surface area contributed by atoms with Crippen molar-refractivity contribution in [3.05, 3.63) is 83.4 Å². The van der Waals surface area contributed by atoms with Gasteiger partial charge in [-0.25, -0.2) is 8.42 Å². The Morgan fingerprint density at radius 3 is 2.38 bits per heavy atom. The van der Waals surface area contributed by atoms with Crippen molar-refractivity contribution in [1.82, 2.24) is 19.6 Å². The van der Waals surface area contributed by atoms with Gasteiger partial charge in [-0.3, -0.25) is 14.1 Å². The van der Waals surface area contributed by atoms with Crippen LogP contribution in [0.2, 0.25) is 0 Å². The summed E-state index contributed by atoms with van der Waals surface area (Å²) in [6, 6.07) is 17.3. The molecule has 0 aliphatic carbocycles. The number of nitrogens with one attached hydrogen (secondary N) is 1. The molecule has 4 aromatic rings. The molecule has 1 N–H and O–H groups in total. The van der Waals surface area contributed by atoms with Crippen LogP contribution in [0.1, 0.15) is 22.6 Å². The Hall–Kier alpha value is -3.59. The molecule has 2 aromatic carbocycles. The zero-order valence-electron chi connectivity index (χ0n) is 18.4. The van der Waals surface area contributed by atoms with Crippen LogP contribution in [-0.2, 0) is 23.6 Å². The number of nitrogens with zero attached hydrogens (tertiary/aromatic N) is 4.